The highest BCUT2D eigenvalue weighted by Crippen LogP contribution is 2.29. The Kier molecular flexibility index (Phi) is 35.8. The summed E-state index contributed by atoms with van der Waals surface area (Å²) >= 11 is 0. The molecular formula is C50H90N2O3. The van der Waals surface area contributed by atoms with Gasteiger partial charge in [0.05, 0.1) is 0 Å². The third-order valence-corrected chi connectivity index (χ3v) is 11.2. The molecule has 1 amide bonds. The number of nitrogens with zero attached hydrogens (tertiary/aromatic N) is 1. The van der Waals surface area contributed by atoms with Gasteiger partial charge in [0.2, 0.25) is 0 Å². The highest BCUT2D eigenvalue weighted by molar-refractivity contribution is 5.87. The topological polar surface area (TPSA) is 58.6 Å². The first-order valence-electron chi connectivity index (χ1n) is 23.9. The Morgan fingerprint density at radius 3 is 1.40 bits per heavy atom. The number of amides is 1. The predicted molar refractivity (Wildman–Crippen MR) is 240 cm³/mol. The normalized spacial score (nSPS) is 14.1. The molecular weight excluding hydrogens is 677 g/mol. The Morgan fingerprint density at radius 2 is 0.945 bits per heavy atom. The molecule has 5 heteroatoms. The highest BCUT2D eigenvalue weighted by Gasteiger charge is 2.41. The molecule has 1 saturated heterocycles. The van der Waals surface area contributed by atoms with Gasteiger partial charge in [0.1, 0.15) is 0 Å². The van der Waals surface area contributed by atoms with E-state index in [-0.39, 0.29) is 11.9 Å². The summed E-state index contributed by atoms with van der Waals surface area (Å²) in [5.74, 6) is -0.246. The van der Waals surface area contributed by atoms with Crippen molar-refractivity contribution in [1.82, 2.24) is 10.2 Å². The third-order valence-electron chi connectivity index (χ3n) is 11.2. The van der Waals surface area contributed by atoms with Crippen molar-refractivity contribution in [2.24, 2.45) is 0 Å². The fraction of sp³-hybridized carbons (Fsp3) is 0.800. The van der Waals surface area contributed by atoms with E-state index in [9.17, 15) is 9.59 Å². The molecule has 0 bridgehead atoms. The van der Waals surface area contributed by atoms with Gasteiger partial charge in [-0.05, 0) is 135 Å². The van der Waals surface area contributed by atoms with Crippen molar-refractivity contribution in [3.8, 4) is 0 Å². The molecule has 1 fully saturated rings. The lowest BCUT2D eigenvalue weighted by Gasteiger charge is -2.33. The first kappa shape index (κ1) is 50.9. The Balaban J connectivity index is 2.57. The second-order valence-electron chi connectivity index (χ2n) is 16.4. The van der Waals surface area contributed by atoms with Crippen LogP contribution >= 0.6 is 0 Å². The van der Waals surface area contributed by atoms with Crippen LogP contribution < -0.4 is 5.32 Å². The van der Waals surface area contributed by atoms with Crippen molar-refractivity contribution in [2.75, 3.05) is 26.2 Å². The maximum atomic E-state index is 13.9. The molecule has 0 spiro atoms. The summed E-state index contributed by atoms with van der Waals surface area (Å²) in [5, 5.41) is 3.19. The lowest BCUT2D eigenvalue weighted by atomic mass is 9.88. The molecule has 318 valence electrons. The van der Waals surface area contributed by atoms with Crippen molar-refractivity contribution in [2.45, 2.75) is 232 Å². The largest absolute Gasteiger partial charge is 0.449 e. The van der Waals surface area contributed by atoms with E-state index in [2.05, 4.69) is 79.6 Å². The lowest BCUT2D eigenvalue weighted by molar-refractivity contribution is -0.171. The van der Waals surface area contributed by atoms with E-state index in [0.29, 0.717) is 25.8 Å². The number of ether oxygens (including phenoxy) is 1. The summed E-state index contributed by atoms with van der Waals surface area (Å²) in [4.78, 5) is 29.7. The van der Waals surface area contributed by atoms with Crippen LogP contribution in [-0.4, -0.2) is 48.6 Å². The fourth-order valence-corrected chi connectivity index (χ4v) is 7.56. The number of allylic oxidation sites excluding steroid dienone is 8. The molecule has 1 aliphatic rings. The average molecular weight is 767 g/mol. The number of carbonyl (C=O) groups excluding carboxylic acids is 2. The molecule has 0 radical (unpaired) electrons. The van der Waals surface area contributed by atoms with E-state index < -0.39 is 5.60 Å². The van der Waals surface area contributed by atoms with Gasteiger partial charge >= 0.3 is 5.97 Å². The summed E-state index contributed by atoms with van der Waals surface area (Å²) in [5.41, 5.74) is -1.04. The smallest absolute Gasteiger partial charge is 0.306 e. The molecule has 55 heavy (non-hydrogen) atoms. The maximum Gasteiger partial charge on any atom is 0.306 e. The summed E-state index contributed by atoms with van der Waals surface area (Å²) in [6.45, 7) is 10.5. The van der Waals surface area contributed by atoms with Gasteiger partial charge in [-0.1, -0.05) is 153 Å². The number of esters is 1. The van der Waals surface area contributed by atoms with Crippen molar-refractivity contribution in [3.63, 3.8) is 0 Å². The minimum Gasteiger partial charge on any atom is -0.449 e. The van der Waals surface area contributed by atoms with E-state index in [1.54, 1.807) is 0 Å². The molecule has 0 aliphatic carbocycles. The van der Waals surface area contributed by atoms with Gasteiger partial charge in [-0.2, -0.15) is 0 Å². The van der Waals surface area contributed by atoms with Gasteiger partial charge in [0, 0.05) is 13.0 Å². The monoisotopic (exact) mass is 767 g/mol. The number of hydrogen-bond donors (Lipinski definition) is 1. The minimum absolute atomic E-state index is 0.0565. The van der Waals surface area contributed by atoms with Gasteiger partial charge in [0.25, 0.3) is 5.91 Å². The van der Waals surface area contributed by atoms with Crippen LogP contribution in [0.4, 0.5) is 0 Å². The fourth-order valence-electron chi connectivity index (χ4n) is 7.56. The number of rotatable bonds is 39. The molecule has 0 unspecified atom stereocenters. The standard InChI is InChI=1S/C50H90N2O3/c1-4-7-10-12-14-16-18-20-22-24-26-28-30-32-34-36-42-50(49(54)51-44-9-6-3,55-48(53)41-40-47-52-45-38-39-46-52)43-37-35-33-31-29-27-25-23-21-19-17-15-13-11-8-5-2/h14-17,20-23H,4-13,18-19,24-47H2,1-3H3,(H,51,54)/b16-14-,17-15-,22-20-,23-21-. The molecule has 0 aromatic rings. The number of unbranched alkanes of at least 4 members (excludes halogenated alkanes) is 19. The van der Waals surface area contributed by atoms with Gasteiger partial charge in [0.15, 0.2) is 5.60 Å². The molecule has 0 saturated carbocycles. The van der Waals surface area contributed by atoms with E-state index in [1.165, 1.54) is 116 Å². The summed E-state index contributed by atoms with van der Waals surface area (Å²) < 4.78 is 6.35. The molecule has 1 N–H and O–H groups in total. The quantitative estimate of drug-likeness (QED) is 0.0384. The Bertz CT molecular complexity index is 945. The van der Waals surface area contributed by atoms with E-state index in [4.69, 9.17) is 4.74 Å². The highest BCUT2D eigenvalue weighted by atomic mass is 16.6. The molecule has 5 nitrogen and oxygen atoms in total. The maximum absolute atomic E-state index is 13.9. The molecule has 1 aliphatic heterocycles. The number of hydrogen-bond acceptors (Lipinski definition) is 4. The van der Waals surface area contributed by atoms with Crippen LogP contribution in [0.25, 0.3) is 0 Å². The molecule has 1 rings (SSSR count). The third kappa shape index (κ3) is 30.6. The van der Waals surface area contributed by atoms with E-state index in [1.807, 2.05) is 0 Å². The van der Waals surface area contributed by atoms with Gasteiger partial charge in [-0.15, -0.1) is 0 Å². The molecule has 0 aromatic heterocycles. The summed E-state index contributed by atoms with van der Waals surface area (Å²) in [7, 11) is 0. The number of nitrogens with one attached hydrogen (secondary N) is 1. The SMILES string of the molecule is CCCCC/C=C\C/C=C\CCCCCCCCC(CCCCCCCC/C=C\C/C=C\CCCCC)(OC(=O)CCCN1CCCC1)C(=O)NCCCC. The Labute approximate surface area is 342 Å². The molecule has 0 aromatic carbocycles. The van der Waals surface area contributed by atoms with Crippen LogP contribution in [-0.2, 0) is 14.3 Å². The van der Waals surface area contributed by atoms with Crippen molar-refractivity contribution in [1.29, 1.82) is 0 Å². The Hall–Kier alpha value is -2.14. The van der Waals surface area contributed by atoms with Crippen LogP contribution in [0.5, 0.6) is 0 Å². The zero-order chi connectivity index (χ0) is 39.8. The van der Waals surface area contributed by atoms with E-state index in [0.717, 1.165) is 90.3 Å². The Morgan fingerprint density at radius 1 is 0.527 bits per heavy atom. The van der Waals surface area contributed by atoms with Crippen LogP contribution in [0.3, 0.4) is 0 Å². The van der Waals surface area contributed by atoms with Crippen LogP contribution in [0.1, 0.15) is 226 Å². The van der Waals surface area contributed by atoms with Crippen LogP contribution in [0.15, 0.2) is 48.6 Å². The zero-order valence-electron chi connectivity index (χ0n) is 36.7. The second-order valence-corrected chi connectivity index (χ2v) is 16.4. The number of carbonyl (C=O) groups is 2. The molecule has 1 heterocycles. The number of likely N-dealkylation sites (tertiary alicyclic amines) is 1. The van der Waals surface area contributed by atoms with Gasteiger partial charge in [-0.25, -0.2) is 0 Å². The minimum atomic E-state index is -1.04. The van der Waals surface area contributed by atoms with Gasteiger partial charge in [-0.3, -0.25) is 9.59 Å². The van der Waals surface area contributed by atoms with E-state index >= 15 is 0 Å². The lowest BCUT2D eigenvalue weighted by Crippen LogP contribution is -2.50. The van der Waals surface area contributed by atoms with Crippen molar-refractivity contribution < 1.29 is 14.3 Å². The predicted octanol–water partition coefficient (Wildman–Crippen LogP) is 14.5. The summed E-state index contributed by atoms with van der Waals surface area (Å²) in [6.07, 6.45) is 54.0. The zero-order valence-corrected chi connectivity index (χ0v) is 36.7. The van der Waals surface area contributed by atoms with Gasteiger partial charge < -0.3 is 15.0 Å². The first-order valence-corrected chi connectivity index (χ1v) is 23.9. The van der Waals surface area contributed by atoms with Crippen molar-refractivity contribution in [3.05, 3.63) is 48.6 Å². The van der Waals surface area contributed by atoms with Crippen LogP contribution in [0, 0.1) is 0 Å². The summed E-state index contributed by atoms with van der Waals surface area (Å²) in [6, 6.07) is 0. The van der Waals surface area contributed by atoms with Crippen molar-refractivity contribution >= 4 is 11.9 Å². The molecule has 0 atom stereocenters. The second kappa shape index (κ2) is 38.7. The first-order chi connectivity index (χ1) is 27.1. The van der Waals surface area contributed by atoms with Crippen LogP contribution in [0.2, 0.25) is 0 Å². The average Bonchev–Trinajstić information content (AvgIpc) is 3.71.